The van der Waals surface area contributed by atoms with Gasteiger partial charge in [0.25, 0.3) is 0 Å². The molecule has 0 aliphatic carbocycles. The van der Waals surface area contributed by atoms with Crippen LogP contribution in [0.2, 0.25) is 0 Å². The zero-order valence-electron chi connectivity index (χ0n) is 40.7. The molecule has 60 heavy (non-hydrogen) atoms. The third kappa shape index (κ3) is 42.9. The van der Waals surface area contributed by atoms with E-state index in [1.807, 2.05) is 0 Å². The molecule has 0 heterocycles. The van der Waals surface area contributed by atoms with Crippen molar-refractivity contribution in [2.45, 2.75) is 297 Å². The van der Waals surface area contributed by atoms with Gasteiger partial charge in [0, 0.05) is 30.8 Å². The quantitative estimate of drug-likeness (QED) is 0.0199. The van der Waals surface area contributed by atoms with Crippen molar-refractivity contribution in [3.05, 3.63) is 10.4 Å². The Balaban J connectivity index is 4.37. The Labute approximate surface area is 373 Å². The molecule has 0 bridgehead atoms. The SMILES string of the molecule is CCCCCCCCC(CCCCCCCC)OC(=O)CCCCCCCN(CCCCCCCC(=O)OC(CCCCCCCC)CCCCCCCC)CCN=[N+]=[N-]. The van der Waals surface area contributed by atoms with Crippen LogP contribution < -0.4 is 0 Å². The molecule has 0 N–H and O–H groups in total. The van der Waals surface area contributed by atoms with E-state index in [0.717, 1.165) is 110 Å². The number of hydrogen-bond acceptors (Lipinski definition) is 6. The van der Waals surface area contributed by atoms with Gasteiger partial charge in [0.1, 0.15) is 12.2 Å². The number of esters is 2. The third-order valence-corrected chi connectivity index (χ3v) is 12.4. The van der Waals surface area contributed by atoms with E-state index in [2.05, 4.69) is 42.6 Å². The highest BCUT2D eigenvalue weighted by Crippen LogP contribution is 2.20. The molecule has 0 aromatic heterocycles. The Morgan fingerprint density at radius 3 is 1.02 bits per heavy atom. The molecule has 0 rings (SSSR count). The first kappa shape index (κ1) is 58.2. The third-order valence-electron chi connectivity index (χ3n) is 12.4. The van der Waals surface area contributed by atoms with Gasteiger partial charge in [0.15, 0.2) is 0 Å². The lowest BCUT2D eigenvalue weighted by molar-refractivity contribution is -0.151. The molecular formula is C52H102N4O4. The van der Waals surface area contributed by atoms with Crippen LogP contribution in [0.4, 0.5) is 0 Å². The summed E-state index contributed by atoms with van der Waals surface area (Å²) in [4.78, 5) is 31.0. The Hall–Kier alpha value is -1.79. The van der Waals surface area contributed by atoms with Crippen molar-refractivity contribution in [1.82, 2.24) is 4.90 Å². The molecule has 0 atom stereocenters. The number of carbonyl (C=O) groups is 2. The molecule has 354 valence electrons. The molecular weight excluding hydrogens is 745 g/mol. The number of rotatable bonds is 49. The van der Waals surface area contributed by atoms with Crippen molar-refractivity contribution >= 4 is 11.9 Å². The Kier molecular flexibility index (Phi) is 46.8. The summed E-state index contributed by atoms with van der Waals surface area (Å²) in [5.41, 5.74) is 8.82. The normalized spacial score (nSPS) is 11.5. The van der Waals surface area contributed by atoms with Crippen LogP contribution in [0, 0.1) is 0 Å². The first-order chi connectivity index (χ1) is 29.5. The molecule has 0 aromatic rings. The van der Waals surface area contributed by atoms with Crippen LogP contribution in [-0.4, -0.2) is 55.2 Å². The van der Waals surface area contributed by atoms with Crippen LogP contribution in [0.3, 0.4) is 0 Å². The Morgan fingerprint density at radius 2 is 0.700 bits per heavy atom. The molecule has 8 nitrogen and oxygen atoms in total. The van der Waals surface area contributed by atoms with Gasteiger partial charge in [-0.2, -0.15) is 0 Å². The molecule has 0 fully saturated rings. The van der Waals surface area contributed by atoms with E-state index in [4.69, 9.17) is 15.0 Å². The minimum absolute atomic E-state index is 0.00682. The highest BCUT2D eigenvalue weighted by atomic mass is 16.5. The maximum absolute atomic E-state index is 12.8. The Morgan fingerprint density at radius 1 is 0.417 bits per heavy atom. The molecule has 0 amide bonds. The minimum atomic E-state index is 0.00682. The lowest BCUT2D eigenvalue weighted by atomic mass is 10.0. The first-order valence-corrected chi connectivity index (χ1v) is 26.6. The van der Waals surface area contributed by atoms with E-state index < -0.39 is 0 Å². The average molecular weight is 847 g/mol. The fourth-order valence-electron chi connectivity index (χ4n) is 8.46. The van der Waals surface area contributed by atoms with E-state index in [9.17, 15) is 9.59 Å². The van der Waals surface area contributed by atoms with E-state index >= 15 is 0 Å². The predicted molar refractivity (Wildman–Crippen MR) is 258 cm³/mol. The zero-order chi connectivity index (χ0) is 43.8. The standard InChI is InChI=1S/C52H102N4O4/c1-5-9-13-17-23-31-39-49(40-32-24-18-14-10-6-2)59-51(57)43-35-27-21-29-37-46-56(48-45-54-55-53)47-38-30-22-28-36-44-52(58)60-50(41-33-25-19-15-11-7-3)42-34-26-20-16-12-8-4/h49-50H,5-48H2,1-4H3. The predicted octanol–water partition coefficient (Wildman–Crippen LogP) is 17.1. The fourth-order valence-corrected chi connectivity index (χ4v) is 8.46. The van der Waals surface area contributed by atoms with Gasteiger partial charge >= 0.3 is 11.9 Å². The van der Waals surface area contributed by atoms with Crippen LogP contribution in [0.15, 0.2) is 5.11 Å². The lowest BCUT2D eigenvalue weighted by Crippen LogP contribution is -2.28. The highest BCUT2D eigenvalue weighted by Gasteiger charge is 2.16. The number of hydrogen-bond donors (Lipinski definition) is 0. The molecule has 0 aromatic carbocycles. The monoisotopic (exact) mass is 847 g/mol. The summed E-state index contributed by atoms with van der Waals surface area (Å²) in [5, 5.41) is 3.80. The van der Waals surface area contributed by atoms with Crippen molar-refractivity contribution in [2.75, 3.05) is 26.2 Å². The van der Waals surface area contributed by atoms with Crippen molar-refractivity contribution in [3.8, 4) is 0 Å². The molecule has 0 saturated heterocycles. The van der Waals surface area contributed by atoms with Crippen LogP contribution in [0.25, 0.3) is 10.4 Å². The molecule has 0 saturated carbocycles. The van der Waals surface area contributed by atoms with Crippen molar-refractivity contribution in [2.24, 2.45) is 5.11 Å². The van der Waals surface area contributed by atoms with Crippen molar-refractivity contribution < 1.29 is 19.1 Å². The first-order valence-electron chi connectivity index (χ1n) is 26.6. The van der Waals surface area contributed by atoms with Gasteiger partial charge in [-0.15, -0.1) is 0 Å². The van der Waals surface area contributed by atoms with Gasteiger partial charge in [0.2, 0.25) is 0 Å². The summed E-state index contributed by atoms with van der Waals surface area (Å²) in [6, 6.07) is 0. The van der Waals surface area contributed by atoms with Crippen molar-refractivity contribution in [1.29, 1.82) is 0 Å². The maximum Gasteiger partial charge on any atom is 0.306 e. The molecule has 0 aliphatic rings. The number of unbranched alkanes of at least 4 members (excludes halogenated alkanes) is 28. The summed E-state index contributed by atoms with van der Waals surface area (Å²) in [7, 11) is 0. The minimum Gasteiger partial charge on any atom is -0.462 e. The van der Waals surface area contributed by atoms with Crippen molar-refractivity contribution in [3.63, 3.8) is 0 Å². The van der Waals surface area contributed by atoms with Gasteiger partial charge in [-0.3, -0.25) is 9.59 Å². The number of ether oxygens (including phenoxy) is 2. The van der Waals surface area contributed by atoms with Gasteiger partial charge in [-0.05, 0) is 95.7 Å². The van der Waals surface area contributed by atoms with Gasteiger partial charge in [0.05, 0.1) is 0 Å². The van der Waals surface area contributed by atoms with E-state index in [1.54, 1.807) is 0 Å². The fraction of sp³-hybridized carbons (Fsp3) is 0.962. The zero-order valence-corrected chi connectivity index (χ0v) is 40.7. The second kappa shape index (κ2) is 48.2. The summed E-state index contributed by atoms with van der Waals surface area (Å²) in [5.74, 6) is 0.0136. The van der Waals surface area contributed by atoms with Gasteiger partial charge < -0.3 is 14.4 Å². The van der Waals surface area contributed by atoms with Crippen LogP contribution >= 0.6 is 0 Å². The maximum atomic E-state index is 12.8. The molecule has 0 spiro atoms. The number of azide groups is 1. The van der Waals surface area contributed by atoms with Gasteiger partial charge in [-0.25, -0.2) is 0 Å². The molecule has 8 heteroatoms. The van der Waals surface area contributed by atoms with Crippen LogP contribution in [0.1, 0.15) is 285 Å². The lowest BCUT2D eigenvalue weighted by Gasteiger charge is -2.21. The van der Waals surface area contributed by atoms with E-state index in [-0.39, 0.29) is 24.1 Å². The summed E-state index contributed by atoms with van der Waals surface area (Å²) in [6.45, 7) is 12.4. The largest absolute Gasteiger partial charge is 0.462 e. The molecule has 0 aliphatic heterocycles. The van der Waals surface area contributed by atoms with E-state index in [1.165, 1.54) is 154 Å². The Bertz CT molecular complexity index is 862. The second-order valence-corrected chi connectivity index (χ2v) is 18.3. The summed E-state index contributed by atoms with van der Waals surface area (Å²) < 4.78 is 12.1. The number of carbonyl (C=O) groups excluding carboxylic acids is 2. The average Bonchev–Trinajstić information content (AvgIpc) is 3.24. The number of nitrogens with zero attached hydrogens (tertiary/aromatic N) is 4. The van der Waals surface area contributed by atoms with Crippen LogP contribution in [0.5, 0.6) is 0 Å². The second-order valence-electron chi connectivity index (χ2n) is 18.3. The topological polar surface area (TPSA) is 105 Å². The molecule has 0 radical (unpaired) electrons. The van der Waals surface area contributed by atoms with Crippen LogP contribution in [-0.2, 0) is 19.1 Å². The summed E-state index contributed by atoms with van der Waals surface area (Å²) >= 11 is 0. The smallest absolute Gasteiger partial charge is 0.306 e. The highest BCUT2D eigenvalue weighted by molar-refractivity contribution is 5.69. The van der Waals surface area contributed by atoms with Gasteiger partial charge in [-0.1, -0.05) is 200 Å². The summed E-state index contributed by atoms with van der Waals surface area (Å²) in [6.07, 6.45) is 46.9. The molecule has 0 unspecified atom stereocenters. The van der Waals surface area contributed by atoms with E-state index in [0.29, 0.717) is 19.4 Å².